The van der Waals surface area contributed by atoms with Crippen molar-refractivity contribution in [3.8, 4) is 0 Å². The Hall–Kier alpha value is -0.0800. The molecule has 2 heteroatoms. The van der Waals surface area contributed by atoms with Gasteiger partial charge in [-0.2, -0.15) is 0 Å². The third-order valence-corrected chi connectivity index (χ3v) is 4.55. The summed E-state index contributed by atoms with van der Waals surface area (Å²) >= 11 is 0. The van der Waals surface area contributed by atoms with Gasteiger partial charge in [-0.1, -0.05) is 13.8 Å². The highest BCUT2D eigenvalue weighted by atomic mass is 15.2. The quantitative estimate of drug-likeness (QED) is 0.751. The molecule has 0 aromatic rings. The van der Waals surface area contributed by atoms with Crippen LogP contribution in [0.5, 0.6) is 0 Å². The zero-order valence-corrected chi connectivity index (χ0v) is 11.0. The average Bonchev–Trinajstić information content (AvgIpc) is 3.00. The molecule has 2 atom stereocenters. The van der Waals surface area contributed by atoms with E-state index in [1.807, 2.05) is 0 Å². The second-order valence-corrected chi connectivity index (χ2v) is 6.17. The normalized spacial score (nSPS) is 34.9. The zero-order chi connectivity index (χ0) is 11.6. The van der Waals surface area contributed by atoms with Crippen LogP contribution >= 0.6 is 0 Å². The number of hydrogen-bond donors (Lipinski definition) is 1. The zero-order valence-electron chi connectivity index (χ0n) is 11.0. The summed E-state index contributed by atoms with van der Waals surface area (Å²) in [5, 5.41) is 0. The van der Waals surface area contributed by atoms with Crippen LogP contribution in [0.1, 0.15) is 52.4 Å². The monoisotopic (exact) mass is 224 g/mol. The maximum atomic E-state index is 6.12. The number of nitrogens with two attached hydrogens (primary N) is 1. The van der Waals surface area contributed by atoms with Crippen molar-refractivity contribution in [2.75, 3.05) is 19.6 Å². The van der Waals surface area contributed by atoms with Crippen molar-refractivity contribution < 1.29 is 0 Å². The highest BCUT2D eigenvalue weighted by Gasteiger charge is 2.42. The Labute approximate surface area is 101 Å². The second kappa shape index (κ2) is 5.05. The first-order chi connectivity index (χ1) is 7.70. The lowest BCUT2D eigenvalue weighted by Gasteiger charge is -2.41. The molecule has 0 saturated heterocycles. The van der Waals surface area contributed by atoms with Gasteiger partial charge in [-0.15, -0.1) is 0 Å². The average molecular weight is 224 g/mol. The Kier molecular flexibility index (Phi) is 3.91. The minimum atomic E-state index is 0.359. The number of hydrogen-bond acceptors (Lipinski definition) is 2. The molecule has 2 aliphatic carbocycles. The predicted octanol–water partition coefficient (Wildman–Crippen LogP) is 2.63. The van der Waals surface area contributed by atoms with Crippen molar-refractivity contribution in [1.29, 1.82) is 0 Å². The number of rotatable bonds is 6. The van der Waals surface area contributed by atoms with Crippen molar-refractivity contribution in [2.24, 2.45) is 17.6 Å². The summed E-state index contributed by atoms with van der Waals surface area (Å²) < 4.78 is 0. The van der Waals surface area contributed by atoms with E-state index in [9.17, 15) is 0 Å². The summed E-state index contributed by atoms with van der Waals surface area (Å²) in [5.41, 5.74) is 6.48. The lowest BCUT2D eigenvalue weighted by molar-refractivity contribution is 0.0898. The SMILES string of the molecule is CCCN(CC1CC1)C1(CN)CCC(C)C1. The van der Waals surface area contributed by atoms with E-state index in [0.29, 0.717) is 5.54 Å². The lowest BCUT2D eigenvalue weighted by atomic mass is 9.93. The fraction of sp³-hybridized carbons (Fsp3) is 1.00. The molecule has 0 aromatic heterocycles. The van der Waals surface area contributed by atoms with Gasteiger partial charge in [0.05, 0.1) is 0 Å². The molecule has 0 spiro atoms. The van der Waals surface area contributed by atoms with Gasteiger partial charge in [0.2, 0.25) is 0 Å². The van der Waals surface area contributed by atoms with E-state index in [1.54, 1.807) is 0 Å². The molecule has 0 aliphatic heterocycles. The van der Waals surface area contributed by atoms with E-state index in [4.69, 9.17) is 5.73 Å². The van der Waals surface area contributed by atoms with Crippen LogP contribution in [-0.2, 0) is 0 Å². The third kappa shape index (κ3) is 2.60. The van der Waals surface area contributed by atoms with Gasteiger partial charge in [-0.3, -0.25) is 4.90 Å². The van der Waals surface area contributed by atoms with Crippen molar-refractivity contribution in [1.82, 2.24) is 4.90 Å². The fourth-order valence-corrected chi connectivity index (χ4v) is 3.37. The molecule has 0 amide bonds. The minimum Gasteiger partial charge on any atom is -0.329 e. The van der Waals surface area contributed by atoms with Gasteiger partial charge in [-0.25, -0.2) is 0 Å². The van der Waals surface area contributed by atoms with E-state index < -0.39 is 0 Å². The molecular weight excluding hydrogens is 196 g/mol. The van der Waals surface area contributed by atoms with Gasteiger partial charge in [0.1, 0.15) is 0 Å². The van der Waals surface area contributed by atoms with E-state index in [0.717, 1.165) is 18.4 Å². The highest BCUT2D eigenvalue weighted by Crippen LogP contribution is 2.41. The summed E-state index contributed by atoms with van der Waals surface area (Å²) in [4.78, 5) is 2.74. The van der Waals surface area contributed by atoms with Crippen LogP contribution < -0.4 is 5.73 Å². The summed E-state index contributed by atoms with van der Waals surface area (Å²) in [6, 6.07) is 0. The van der Waals surface area contributed by atoms with Crippen LogP contribution in [0.15, 0.2) is 0 Å². The molecule has 2 aliphatic rings. The van der Waals surface area contributed by atoms with Gasteiger partial charge in [0, 0.05) is 18.6 Å². The Morgan fingerprint density at radius 1 is 1.31 bits per heavy atom. The molecular formula is C14H28N2. The highest BCUT2D eigenvalue weighted by molar-refractivity contribution is 4.99. The molecule has 0 radical (unpaired) electrons. The Morgan fingerprint density at radius 3 is 2.50 bits per heavy atom. The van der Waals surface area contributed by atoms with Crippen LogP contribution in [0.25, 0.3) is 0 Å². The van der Waals surface area contributed by atoms with Crippen molar-refractivity contribution >= 4 is 0 Å². The van der Waals surface area contributed by atoms with Crippen molar-refractivity contribution in [3.05, 3.63) is 0 Å². The van der Waals surface area contributed by atoms with Crippen molar-refractivity contribution in [3.63, 3.8) is 0 Å². The van der Waals surface area contributed by atoms with Crippen LogP contribution in [0, 0.1) is 11.8 Å². The summed E-state index contributed by atoms with van der Waals surface area (Å²) in [6.07, 6.45) is 8.21. The largest absolute Gasteiger partial charge is 0.329 e. The van der Waals surface area contributed by atoms with Crippen LogP contribution in [0.2, 0.25) is 0 Å². The molecule has 94 valence electrons. The molecule has 2 unspecified atom stereocenters. The molecule has 2 N–H and O–H groups in total. The molecule has 2 rings (SSSR count). The molecule has 2 fully saturated rings. The van der Waals surface area contributed by atoms with E-state index >= 15 is 0 Å². The summed E-state index contributed by atoms with van der Waals surface area (Å²) in [7, 11) is 0. The van der Waals surface area contributed by atoms with E-state index in [2.05, 4.69) is 18.7 Å². The van der Waals surface area contributed by atoms with Crippen molar-refractivity contribution in [2.45, 2.75) is 57.9 Å². The van der Waals surface area contributed by atoms with Gasteiger partial charge in [0.25, 0.3) is 0 Å². The maximum Gasteiger partial charge on any atom is 0.0334 e. The molecule has 0 bridgehead atoms. The van der Waals surface area contributed by atoms with Gasteiger partial charge >= 0.3 is 0 Å². The third-order valence-electron chi connectivity index (χ3n) is 4.55. The molecule has 2 nitrogen and oxygen atoms in total. The van der Waals surface area contributed by atoms with E-state index in [-0.39, 0.29) is 0 Å². The fourth-order valence-electron chi connectivity index (χ4n) is 3.37. The molecule has 16 heavy (non-hydrogen) atoms. The summed E-state index contributed by atoms with van der Waals surface area (Å²) in [6.45, 7) is 8.11. The maximum absolute atomic E-state index is 6.12. The molecule has 2 saturated carbocycles. The summed E-state index contributed by atoms with van der Waals surface area (Å²) in [5.74, 6) is 1.87. The Morgan fingerprint density at radius 2 is 2.06 bits per heavy atom. The van der Waals surface area contributed by atoms with Gasteiger partial charge < -0.3 is 5.73 Å². The van der Waals surface area contributed by atoms with Crippen LogP contribution in [-0.4, -0.2) is 30.1 Å². The topological polar surface area (TPSA) is 29.3 Å². The minimum absolute atomic E-state index is 0.359. The van der Waals surface area contributed by atoms with Gasteiger partial charge in [-0.05, 0) is 56.9 Å². The van der Waals surface area contributed by atoms with Crippen LogP contribution in [0.3, 0.4) is 0 Å². The second-order valence-electron chi connectivity index (χ2n) is 6.17. The Bertz CT molecular complexity index is 225. The Balaban J connectivity index is 2.01. The first kappa shape index (κ1) is 12.4. The predicted molar refractivity (Wildman–Crippen MR) is 69.4 cm³/mol. The van der Waals surface area contributed by atoms with Crippen LogP contribution in [0.4, 0.5) is 0 Å². The first-order valence-corrected chi connectivity index (χ1v) is 7.15. The number of nitrogens with zero attached hydrogens (tertiary/aromatic N) is 1. The smallest absolute Gasteiger partial charge is 0.0334 e. The lowest BCUT2D eigenvalue weighted by Crippen LogP contribution is -2.53. The van der Waals surface area contributed by atoms with Gasteiger partial charge in [0.15, 0.2) is 0 Å². The van der Waals surface area contributed by atoms with E-state index in [1.165, 1.54) is 51.6 Å². The standard InChI is InChI=1S/C14H28N2/c1-3-8-16(10-13-4-5-13)14(11-15)7-6-12(2)9-14/h12-13H,3-11,15H2,1-2H3. The molecule has 0 aromatic carbocycles. The molecule has 0 heterocycles. The first-order valence-electron chi connectivity index (χ1n) is 7.15.